The van der Waals surface area contributed by atoms with Gasteiger partial charge in [0.05, 0.1) is 0 Å². The summed E-state index contributed by atoms with van der Waals surface area (Å²) in [4.78, 5) is 1.36. The molecule has 4 aromatic carbocycles. The SMILES string of the molecule is CSc1ccccc1[Si](c1ccccc1)(c1ccccc1)c1ccccc1. The van der Waals surface area contributed by atoms with Crippen molar-refractivity contribution in [2.24, 2.45) is 0 Å². The highest BCUT2D eigenvalue weighted by Gasteiger charge is 2.42. The maximum Gasteiger partial charge on any atom is 0.180 e. The Hall–Kier alpha value is -2.55. The van der Waals surface area contributed by atoms with Gasteiger partial charge in [-0.1, -0.05) is 109 Å². The maximum atomic E-state index is 2.34. The smallest absolute Gasteiger partial charge is 0.130 e. The van der Waals surface area contributed by atoms with Gasteiger partial charge in [-0.25, -0.2) is 0 Å². The Morgan fingerprint density at radius 3 is 1.26 bits per heavy atom. The van der Waals surface area contributed by atoms with E-state index >= 15 is 0 Å². The first-order valence-corrected chi connectivity index (χ1v) is 12.4. The Bertz CT molecular complexity index is 901. The molecule has 0 bridgehead atoms. The number of hydrogen-bond donors (Lipinski definition) is 0. The van der Waals surface area contributed by atoms with Crippen LogP contribution in [0.15, 0.2) is 120 Å². The Kier molecular flexibility index (Phi) is 5.28. The molecule has 0 spiro atoms. The minimum absolute atomic E-state index is 1.36. The zero-order valence-electron chi connectivity index (χ0n) is 15.4. The number of benzene rings is 4. The minimum atomic E-state index is -2.39. The molecule has 0 saturated carbocycles. The third kappa shape index (κ3) is 3.16. The lowest BCUT2D eigenvalue weighted by Crippen LogP contribution is -2.75. The summed E-state index contributed by atoms with van der Waals surface area (Å²) in [6, 6.07) is 42.1. The minimum Gasteiger partial charge on any atom is -0.130 e. The summed E-state index contributed by atoms with van der Waals surface area (Å²) >= 11 is 1.84. The molecule has 0 atom stereocenters. The van der Waals surface area contributed by atoms with Gasteiger partial charge in [-0.2, -0.15) is 0 Å². The highest BCUT2D eigenvalue weighted by atomic mass is 32.2. The monoisotopic (exact) mass is 382 g/mol. The molecule has 0 fully saturated rings. The van der Waals surface area contributed by atoms with Gasteiger partial charge in [0, 0.05) is 4.90 Å². The van der Waals surface area contributed by atoms with Crippen molar-refractivity contribution in [2.45, 2.75) is 4.90 Å². The Morgan fingerprint density at radius 1 is 0.481 bits per heavy atom. The van der Waals surface area contributed by atoms with E-state index in [1.54, 1.807) is 0 Å². The van der Waals surface area contributed by atoms with Gasteiger partial charge in [0.1, 0.15) is 0 Å². The van der Waals surface area contributed by atoms with Crippen LogP contribution in [-0.2, 0) is 0 Å². The zero-order valence-corrected chi connectivity index (χ0v) is 17.2. The van der Waals surface area contributed by atoms with Crippen LogP contribution in [0.1, 0.15) is 0 Å². The number of thioether (sulfide) groups is 1. The van der Waals surface area contributed by atoms with E-state index in [-0.39, 0.29) is 0 Å². The second-order valence-electron chi connectivity index (χ2n) is 6.55. The fourth-order valence-corrected chi connectivity index (χ4v) is 10.1. The van der Waals surface area contributed by atoms with Gasteiger partial charge in [0.15, 0.2) is 8.07 Å². The summed E-state index contributed by atoms with van der Waals surface area (Å²) in [6.07, 6.45) is 2.18. The van der Waals surface area contributed by atoms with Gasteiger partial charge < -0.3 is 0 Å². The van der Waals surface area contributed by atoms with Crippen molar-refractivity contribution < 1.29 is 0 Å². The molecule has 0 heterocycles. The van der Waals surface area contributed by atoms with Crippen LogP contribution >= 0.6 is 11.8 Å². The Balaban J connectivity index is 2.17. The molecule has 0 aliphatic carbocycles. The van der Waals surface area contributed by atoms with Crippen molar-refractivity contribution in [3.05, 3.63) is 115 Å². The molecule has 0 nitrogen and oxygen atoms in total. The number of rotatable bonds is 5. The highest BCUT2D eigenvalue weighted by Crippen LogP contribution is 2.18. The van der Waals surface area contributed by atoms with Crippen molar-refractivity contribution >= 4 is 40.6 Å². The summed E-state index contributed by atoms with van der Waals surface area (Å²) in [7, 11) is -2.39. The van der Waals surface area contributed by atoms with E-state index in [9.17, 15) is 0 Å². The molecule has 0 aromatic heterocycles. The number of hydrogen-bond acceptors (Lipinski definition) is 1. The van der Waals surface area contributed by atoms with Crippen LogP contribution in [-0.4, -0.2) is 14.3 Å². The zero-order chi connectivity index (χ0) is 18.5. The maximum absolute atomic E-state index is 2.39. The average molecular weight is 383 g/mol. The Labute approximate surface area is 166 Å². The molecule has 0 radical (unpaired) electrons. The molecule has 0 aliphatic rings. The first-order chi connectivity index (χ1) is 13.4. The lowest BCUT2D eigenvalue weighted by atomic mass is 10.3. The van der Waals surface area contributed by atoms with Crippen LogP contribution in [0, 0.1) is 0 Å². The molecule has 0 saturated heterocycles. The largest absolute Gasteiger partial charge is 0.180 e. The molecule has 0 amide bonds. The molecule has 4 aromatic rings. The first-order valence-electron chi connectivity index (χ1n) is 9.17. The van der Waals surface area contributed by atoms with E-state index in [4.69, 9.17) is 0 Å². The average Bonchev–Trinajstić information content (AvgIpc) is 2.77. The molecule has 4 rings (SSSR count). The van der Waals surface area contributed by atoms with Gasteiger partial charge in [-0.15, -0.1) is 11.8 Å². The summed E-state index contributed by atoms with van der Waals surface area (Å²) < 4.78 is 0. The quantitative estimate of drug-likeness (QED) is 0.287. The summed E-state index contributed by atoms with van der Waals surface area (Å²) in [5.74, 6) is 0. The van der Waals surface area contributed by atoms with Crippen molar-refractivity contribution in [1.29, 1.82) is 0 Å². The third-order valence-electron chi connectivity index (χ3n) is 5.13. The third-order valence-corrected chi connectivity index (χ3v) is 11.0. The summed E-state index contributed by atoms with van der Waals surface area (Å²) in [6.45, 7) is 0. The second-order valence-corrected chi connectivity index (χ2v) is 11.2. The van der Waals surface area contributed by atoms with Crippen molar-refractivity contribution in [3.8, 4) is 0 Å². The predicted octanol–water partition coefficient (Wildman–Crippen LogP) is 3.79. The van der Waals surface area contributed by atoms with E-state index in [1.165, 1.54) is 25.6 Å². The molecular weight excluding hydrogens is 360 g/mol. The van der Waals surface area contributed by atoms with Gasteiger partial charge >= 0.3 is 0 Å². The van der Waals surface area contributed by atoms with Crippen LogP contribution < -0.4 is 20.7 Å². The van der Waals surface area contributed by atoms with Gasteiger partial charge in [0.25, 0.3) is 0 Å². The van der Waals surface area contributed by atoms with E-state index < -0.39 is 8.07 Å². The van der Waals surface area contributed by atoms with Crippen LogP contribution in [0.4, 0.5) is 0 Å². The first kappa shape index (κ1) is 17.8. The molecule has 2 heteroatoms. The second kappa shape index (κ2) is 7.99. The predicted molar refractivity (Wildman–Crippen MR) is 122 cm³/mol. The molecule has 0 aliphatic heterocycles. The summed E-state index contributed by atoms with van der Waals surface area (Å²) in [5, 5.41) is 5.72. The lowest BCUT2D eigenvalue weighted by molar-refractivity contribution is 1.51. The standard InChI is InChI=1S/C25H22SSi/c1-26-24-19-11-12-20-25(24)27(21-13-5-2-6-14-21,22-15-7-3-8-16-22)23-17-9-4-10-18-23/h2-20H,1H3. The molecular formula is C25H22SSi. The summed E-state index contributed by atoms with van der Waals surface area (Å²) in [5.41, 5.74) is 0. The fraction of sp³-hybridized carbons (Fsp3) is 0.0400. The van der Waals surface area contributed by atoms with E-state index in [1.807, 2.05) is 11.8 Å². The highest BCUT2D eigenvalue weighted by molar-refractivity contribution is 7.98. The van der Waals surface area contributed by atoms with Gasteiger partial charge in [-0.3, -0.25) is 0 Å². The molecule has 0 unspecified atom stereocenters. The van der Waals surface area contributed by atoms with Crippen LogP contribution in [0.2, 0.25) is 0 Å². The van der Waals surface area contributed by atoms with Crippen LogP contribution in [0.25, 0.3) is 0 Å². The fourth-order valence-electron chi connectivity index (χ4n) is 3.99. The van der Waals surface area contributed by atoms with E-state index in [0.29, 0.717) is 0 Å². The van der Waals surface area contributed by atoms with Crippen LogP contribution in [0.5, 0.6) is 0 Å². The topological polar surface area (TPSA) is 0 Å². The van der Waals surface area contributed by atoms with Gasteiger partial charge in [-0.05, 0) is 33.1 Å². The van der Waals surface area contributed by atoms with Crippen molar-refractivity contribution in [1.82, 2.24) is 0 Å². The van der Waals surface area contributed by atoms with Gasteiger partial charge in [0.2, 0.25) is 0 Å². The molecule has 0 N–H and O–H groups in total. The van der Waals surface area contributed by atoms with Crippen molar-refractivity contribution in [3.63, 3.8) is 0 Å². The van der Waals surface area contributed by atoms with Crippen molar-refractivity contribution in [2.75, 3.05) is 6.26 Å². The van der Waals surface area contributed by atoms with Crippen LogP contribution in [0.3, 0.4) is 0 Å². The molecule has 132 valence electrons. The van der Waals surface area contributed by atoms with E-state index in [0.717, 1.165) is 0 Å². The molecule has 27 heavy (non-hydrogen) atoms. The Morgan fingerprint density at radius 2 is 0.852 bits per heavy atom. The normalized spacial score (nSPS) is 11.3. The lowest BCUT2D eigenvalue weighted by Gasteiger charge is -2.35. The van der Waals surface area contributed by atoms with E-state index in [2.05, 4.69) is 122 Å².